The lowest BCUT2D eigenvalue weighted by molar-refractivity contribution is 0.658. The van der Waals surface area contributed by atoms with Crippen molar-refractivity contribution in [3.8, 4) is 56.4 Å². The lowest BCUT2D eigenvalue weighted by atomic mass is 9.95. The lowest BCUT2D eigenvalue weighted by Crippen LogP contribution is -2.00. The molecule has 0 unspecified atom stereocenters. The first-order chi connectivity index (χ1) is 24.8. The smallest absolute Gasteiger partial charge is 0.213 e. The third-order valence-corrected chi connectivity index (χ3v) is 9.47. The largest absolute Gasteiger partial charge is 0.438 e. The molecule has 50 heavy (non-hydrogen) atoms. The Bertz CT molecular complexity index is 2790. The number of fused-ring (bicyclic) bond motifs is 6. The van der Waals surface area contributed by atoms with Gasteiger partial charge >= 0.3 is 0 Å². The van der Waals surface area contributed by atoms with Crippen LogP contribution in [0.3, 0.4) is 0 Å². The van der Waals surface area contributed by atoms with Crippen molar-refractivity contribution in [3.05, 3.63) is 170 Å². The molecule has 0 aliphatic heterocycles. The van der Waals surface area contributed by atoms with Crippen LogP contribution in [-0.4, -0.2) is 19.4 Å². The number of nitrogens with zero attached hydrogens (tertiary/aromatic N) is 4. The zero-order valence-electron chi connectivity index (χ0n) is 26.9. The SMILES string of the molecule is c1ccc(-c2nc(-c3ccccc3)nc(-c3ccc(-c4c5cc(-c6cccc7ccccc67)ccc5n5c4oc4ccccc45)cc3)n2)cc1. The van der Waals surface area contributed by atoms with Crippen LogP contribution < -0.4 is 0 Å². The number of para-hydroxylation sites is 2. The molecular weight excluding hydrogens is 613 g/mol. The summed E-state index contributed by atoms with van der Waals surface area (Å²) in [6.07, 6.45) is 0. The maximum absolute atomic E-state index is 6.61. The molecule has 10 rings (SSSR count). The summed E-state index contributed by atoms with van der Waals surface area (Å²) in [6, 6.07) is 58.6. The van der Waals surface area contributed by atoms with Crippen molar-refractivity contribution in [2.75, 3.05) is 0 Å². The first-order valence-corrected chi connectivity index (χ1v) is 16.7. The first-order valence-electron chi connectivity index (χ1n) is 16.7. The van der Waals surface area contributed by atoms with E-state index in [9.17, 15) is 0 Å². The van der Waals surface area contributed by atoms with Crippen molar-refractivity contribution in [1.82, 2.24) is 19.4 Å². The van der Waals surface area contributed by atoms with Crippen molar-refractivity contribution in [2.45, 2.75) is 0 Å². The third-order valence-electron chi connectivity index (χ3n) is 9.47. The van der Waals surface area contributed by atoms with Gasteiger partial charge < -0.3 is 4.42 Å². The van der Waals surface area contributed by atoms with Crippen LogP contribution in [0, 0.1) is 0 Å². The Hall–Kier alpha value is -6.85. The van der Waals surface area contributed by atoms with Gasteiger partial charge in [-0.05, 0) is 51.7 Å². The molecule has 3 heterocycles. The van der Waals surface area contributed by atoms with Gasteiger partial charge in [-0.3, -0.25) is 4.40 Å². The highest BCUT2D eigenvalue weighted by molar-refractivity contribution is 6.09. The Morgan fingerprint density at radius 2 is 0.960 bits per heavy atom. The molecule has 0 atom stereocenters. The minimum atomic E-state index is 0.623. The van der Waals surface area contributed by atoms with Crippen molar-refractivity contribution in [2.24, 2.45) is 0 Å². The zero-order chi connectivity index (χ0) is 33.0. The molecule has 0 N–H and O–H groups in total. The zero-order valence-corrected chi connectivity index (χ0v) is 26.9. The van der Waals surface area contributed by atoms with Gasteiger partial charge in [0.2, 0.25) is 5.71 Å². The number of hydrogen-bond acceptors (Lipinski definition) is 4. The molecule has 0 radical (unpaired) electrons. The molecule has 234 valence electrons. The average Bonchev–Trinajstić information content (AvgIpc) is 3.72. The third kappa shape index (κ3) is 4.60. The van der Waals surface area contributed by atoms with E-state index < -0.39 is 0 Å². The van der Waals surface area contributed by atoms with Gasteiger partial charge in [-0.25, -0.2) is 15.0 Å². The van der Waals surface area contributed by atoms with Crippen LogP contribution >= 0.6 is 0 Å². The van der Waals surface area contributed by atoms with Gasteiger partial charge in [0.1, 0.15) is 0 Å². The van der Waals surface area contributed by atoms with E-state index in [1.807, 2.05) is 72.8 Å². The van der Waals surface area contributed by atoms with Crippen LogP contribution in [-0.2, 0) is 0 Å². The number of aromatic nitrogens is 4. The lowest BCUT2D eigenvalue weighted by Gasteiger charge is -2.09. The van der Waals surface area contributed by atoms with Gasteiger partial charge in [-0.1, -0.05) is 146 Å². The molecule has 10 aromatic rings. The van der Waals surface area contributed by atoms with E-state index in [4.69, 9.17) is 19.4 Å². The summed E-state index contributed by atoms with van der Waals surface area (Å²) in [5.41, 5.74) is 11.1. The van der Waals surface area contributed by atoms with Crippen molar-refractivity contribution < 1.29 is 4.42 Å². The summed E-state index contributed by atoms with van der Waals surface area (Å²) in [5.74, 6) is 1.90. The molecule has 0 aliphatic rings. The van der Waals surface area contributed by atoms with Gasteiger partial charge in [0, 0.05) is 22.1 Å². The summed E-state index contributed by atoms with van der Waals surface area (Å²) in [6.45, 7) is 0. The number of benzene rings is 7. The quantitative estimate of drug-likeness (QED) is 0.188. The van der Waals surface area contributed by atoms with Crippen LogP contribution in [0.25, 0.3) is 94.9 Å². The fourth-order valence-corrected chi connectivity index (χ4v) is 7.08. The fraction of sp³-hybridized carbons (Fsp3) is 0. The Morgan fingerprint density at radius 3 is 1.68 bits per heavy atom. The van der Waals surface area contributed by atoms with E-state index in [2.05, 4.69) is 101 Å². The van der Waals surface area contributed by atoms with Crippen LogP contribution in [0.1, 0.15) is 0 Å². The molecule has 0 fully saturated rings. The molecule has 3 aromatic heterocycles. The maximum atomic E-state index is 6.61. The second-order valence-corrected chi connectivity index (χ2v) is 12.5. The molecule has 5 nitrogen and oxygen atoms in total. The predicted octanol–water partition coefficient (Wildman–Crippen LogP) is 11.5. The van der Waals surface area contributed by atoms with Crippen molar-refractivity contribution >= 4 is 38.5 Å². The van der Waals surface area contributed by atoms with E-state index in [-0.39, 0.29) is 0 Å². The molecule has 5 heteroatoms. The van der Waals surface area contributed by atoms with Gasteiger partial charge in [0.05, 0.1) is 16.6 Å². The normalized spacial score (nSPS) is 11.6. The minimum absolute atomic E-state index is 0.623. The number of oxazole rings is 1. The molecular formula is C45H28N4O. The molecule has 0 amide bonds. The molecule has 0 spiro atoms. The number of rotatable bonds is 5. The first kappa shape index (κ1) is 28.2. The van der Waals surface area contributed by atoms with E-state index in [0.717, 1.165) is 61.1 Å². The molecule has 0 saturated carbocycles. The Morgan fingerprint density at radius 1 is 0.400 bits per heavy atom. The molecule has 0 saturated heterocycles. The van der Waals surface area contributed by atoms with E-state index in [1.165, 1.54) is 16.3 Å². The summed E-state index contributed by atoms with van der Waals surface area (Å²) in [4.78, 5) is 14.8. The topological polar surface area (TPSA) is 56.2 Å². The van der Waals surface area contributed by atoms with Gasteiger partial charge in [0.15, 0.2) is 23.1 Å². The van der Waals surface area contributed by atoms with Gasteiger partial charge in [-0.15, -0.1) is 0 Å². The van der Waals surface area contributed by atoms with Crippen LogP contribution in [0.15, 0.2) is 174 Å². The minimum Gasteiger partial charge on any atom is -0.438 e. The average molecular weight is 641 g/mol. The van der Waals surface area contributed by atoms with E-state index >= 15 is 0 Å². The number of hydrogen-bond donors (Lipinski definition) is 0. The van der Waals surface area contributed by atoms with E-state index in [1.54, 1.807) is 0 Å². The monoisotopic (exact) mass is 640 g/mol. The summed E-state index contributed by atoms with van der Waals surface area (Å²) in [5, 5.41) is 3.59. The second kappa shape index (κ2) is 11.4. The van der Waals surface area contributed by atoms with Gasteiger partial charge in [0.25, 0.3) is 0 Å². The Labute approximate surface area is 287 Å². The highest BCUT2D eigenvalue weighted by Crippen LogP contribution is 2.42. The second-order valence-electron chi connectivity index (χ2n) is 12.5. The van der Waals surface area contributed by atoms with Crippen molar-refractivity contribution in [1.29, 1.82) is 0 Å². The summed E-state index contributed by atoms with van der Waals surface area (Å²) < 4.78 is 8.85. The Kier molecular flexibility index (Phi) is 6.42. The van der Waals surface area contributed by atoms with E-state index in [0.29, 0.717) is 17.5 Å². The molecule has 0 aliphatic carbocycles. The molecule has 7 aromatic carbocycles. The fourth-order valence-electron chi connectivity index (χ4n) is 7.08. The van der Waals surface area contributed by atoms with Crippen molar-refractivity contribution in [3.63, 3.8) is 0 Å². The summed E-state index contributed by atoms with van der Waals surface area (Å²) >= 11 is 0. The molecule has 0 bridgehead atoms. The standard InChI is InChI=1S/C45H28N4O/c1-3-13-31(14-4-1)42-46-43(32-15-5-2-6-16-32)48-44(47-42)33-24-22-30(23-25-33)41-37-28-34(36-19-11-17-29-12-7-8-18-35(29)36)26-27-38(37)49-39-20-9-10-21-40(39)50-45(41)49/h1-28H. The van der Waals surface area contributed by atoms with Gasteiger partial charge in [-0.2, -0.15) is 0 Å². The summed E-state index contributed by atoms with van der Waals surface area (Å²) in [7, 11) is 0. The highest BCUT2D eigenvalue weighted by Gasteiger charge is 2.21. The predicted molar refractivity (Wildman–Crippen MR) is 203 cm³/mol. The Balaban J connectivity index is 1.15. The highest BCUT2D eigenvalue weighted by atomic mass is 16.3. The maximum Gasteiger partial charge on any atom is 0.213 e. The van der Waals surface area contributed by atoms with Crippen LogP contribution in [0.4, 0.5) is 0 Å². The van der Waals surface area contributed by atoms with Crippen LogP contribution in [0.2, 0.25) is 0 Å². The van der Waals surface area contributed by atoms with Crippen LogP contribution in [0.5, 0.6) is 0 Å².